The number of halogens is 4. The third-order valence-corrected chi connectivity index (χ3v) is 3.93. The molecule has 1 unspecified atom stereocenters. The van der Waals surface area contributed by atoms with Crippen LogP contribution in [0.15, 0.2) is 18.2 Å². The molecule has 0 fully saturated rings. The summed E-state index contributed by atoms with van der Waals surface area (Å²) in [6.45, 7) is 0.989. The van der Waals surface area contributed by atoms with E-state index in [-0.39, 0.29) is 44.0 Å². The zero-order valence-electron chi connectivity index (χ0n) is 11.2. The van der Waals surface area contributed by atoms with Gasteiger partial charge in [0.2, 0.25) is 5.91 Å². The zero-order valence-corrected chi connectivity index (χ0v) is 16.2. The summed E-state index contributed by atoms with van der Waals surface area (Å²) in [6, 6.07) is 4.48. The van der Waals surface area contributed by atoms with Gasteiger partial charge in [-0.15, -0.1) is 17.3 Å². The van der Waals surface area contributed by atoms with Crippen LogP contribution in [0, 0.1) is 18.8 Å². The van der Waals surface area contributed by atoms with Crippen LogP contribution in [0.5, 0.6) is 0 Å². The number of nitrogens with zero attached hydrogens (tertiary/aromatic N) is 1. The molecule has 0 bridgehead atoms. The second-order valence-electron chi connectivity index (χ2n) is 4.52. The summed E-state index contributed by atoms with van der Waals surface area (Å²) in [6.07, 6.45) is 0.491. The van der Waals surface area contributed by atoms with Crippen molar-refractivity contribution in [2.24, 2.45) is 0 Å². The summed E-state index contributed by atoms with van der Waals surface area (Å²) >= 11 is 1.88. The van der Waals surface area contributed by atoms with Crippen LogP contribution in [0.25, 0.3) is 5.70 Å². The molecule has 111 valence electrons. The SMILES string of the molecule is Cc1ccc(C2=[C-]CC(I)C(=O)N2CC(F)F)c(F)c1.[Y]. The van der Waals surface area contributed by atoms with Gasteiger partial charge in [0.15, 0.2) is 0 Å². The maximum absolute atomic E-state index is 14.0. The van der Waals surface area contributed by atoms with Crippen LogP contribution < -0.4 is 0 Å². The first-order valence-electron chi connectivity index (χ1n) is 6.01. The maximum Gasteiger partial charge on any atom is 0.256 e. The summed E-state index contributed by atoms with van der Waals surface area (Å²) in [5.74, 6) is -0.967. The summed E-state index contributed by atoms with van der Waals surface area (Å²) in [5.41, 5.74) is 0.967. The van der Waals surface area contributed by atoms with Crippen LogP contribution in [-0.2, 0) is 37.5 Å². The van der Waals surface area contributed by atoms with Gasteiger partial charge >= 0.3 is 0 Å². The van der Waals surface area contributed by atoms with E-state index in [0.717, 1.165) is 10.5 Å². The van der Waals surface area contributed by atoms with Crippen LogP contribution in [0.4, 0.5) is 13.2 Å². The number of carbonyl (C=O) groups excluding carboxylic acids is 1. The van der Waals surface area contributed by atoms with Gasteiger partial charge in [-0.05, 0) is 13.0 Å². The first-order valence-corrected chi connectivity index (χ1v) is 7.25. The minimum atomic E-state index is -2.68. The molecule has 1 aromatic rings. The van der Waals surface area contributed by atoms with Crippen molar-refractivity contribution in [3.63, 3.8) is 0 Å². The molecule has 0 aromatic heterocycles. The standard InChI is InChI=1S/C14H12F3INO.Y/c1-8-2-3-9(10(15)6-8)12-5-4-11(18)14(20)19(12)7-13(16)17;/h2-3,6,11,13H,4,7H2,1H3;/q-1;. The molecule has 0 aliphatic carbocycles. The molecule has 7 heteroatoms. The molecule has 1 atom stereocenters. The van der Waals surface area contributed by atoms with Crippen LogP contribution in [0.3, 0.4) is 0 Å². The van der Waals surface area contributed by atoms with Crippen molar-refractivity contribution in [2.45, 2.75) is 23.7 Å². The van der Waals surface area contributed by atoms with Gasteiger partial charge in [-0.2, -0.15) is 0 Å². The Balaban J connectivity index is 0.00000220. The van der Waals surface area contributed by atoms with E-state index in [2.05, 4.69) is 6.08 Å². The number of benzene rings is 1. The van der Waals surface area contributed by atoms with Crippen molar-refractivity contribution in [3.05, 3.63) is 41.2 Å². The normalized spacial score (nSPS) is 18.6. The Morgan fingerprint density at radius 3 is 2.71 bits per heavy atom. The van der Waals surface area contributed by atoms with Gasteiger partial charge in [0.25, 0.3) is 6.43 Å². The Kier molecular flexibility index (Phi) is 7.33. The average Bonchev–Trinajstić information content (AvgIpc) is 2.36. The predicted octanol–water partition coefficient (Wildman–Crippen LogP) is 3.58. The number of aryl methyl sites for hydroxylation is 1. The molecule has 0 saturated heterocycles. The number of carbonyl (C=O) groups is 1. The quantitative estimate of drug-likeness (QED) is 0.366. The number of allylic oxidation sites excluding steroid dienone is 1. The van der Waals surface area contributed by atoms with E-state index in [1.54, 1.807) is 13.0 Å². The van der Waals surface area contributed by atoms with Gasteiger partial charge in [0.05, 0.1) is 16.3 Å². The van der Waals surface area contributed by atoms with E-state index in [1.165, 1.54) is 12.1 Å². The number of rotatable bonds is 3. The number of amides is 1. The first-order chi connectivity index (χ1) is 9.40. The third-order valence-electron chi connectivity index (χ3n) is 2.95. The molecule has 1 aromatic carbocycles. The Labute approximate surface area is 160 Å². The van der Waals surface area contributed by atoms with Crippen molar-refractivity contribution in [3.8, 4) is 0 Å². The van der Waals surface area contributed by atoms with Crippen LogP contribution >= 0.6 is 22.6 Å². The smallest absolute Gasteiger partial charge is 0.256 e. The molecule has 2 nitrogen and oxygen atoms in total. The Morgan fingerprint density at radius 2 is 2.14 bits per heavy atom. The average molecular weight is 483 g/mol. The number of hydrogen-bond acceptors (Lipinski definition) is 1. The van der Waals surface area contributed by atoms with Gasteiger partial charge in [0, 0.05) is 32.7 Å². The molecule has 1 heterocycles. The molecular weight excluding hydrogens is 471 g/mol. The summed E-state index contributed by atoms with van der Waals surface area (Å²) < 4.78 is 38.8. The van der Waals surface area contributed by atoms with Gasteiger partial charge < -0.3 is 4.90 Å². The fourth-order valence-electron chi connectivity index (χ4n) is 2.02. The molecule has 21 heavy (non-hydrogen) atoms. The van der Waals surface area contributed by atoms with Gasteiger partial charge in [0.1, 0.15) is 0 Å². The van der Waals surface area contributed by atoms with E-state index in [9.17, 15) is 18.0 Å². The summed E-state index contributed by atoms with van der Waals surface area (Å²) in [7, 11) is 0. The molecule has 0 N–H and O–H groups in total. The monoisotopic (exact) mass is 483 g/mol. The van der Waals surface area contributed by atoms with Gasteiger partial charge in [-0.3, -0.25) is 4.79 Å². The number of hydrogen-bond donors (Lipinski definition) is 0. The number of alkyl halides is 3. The van der Waals surface area contributed by atoms with E-state index in [0.29, 0.717) is 6.42 Å². The first kappa shape index (κ1) is 19.1. The molecule has 0 spiro atoms. The molecule has 1 radical (unpaired) electrons. The van der Waals surface area contributed by atoms with Gasteiger partial charge in [-0.25, -0.2) is 19.2 Å². The van der Waals surface area contributed by atoms with E-state index in [1.807, 2.05) is 22.6 Å². The van der Waals surface area contributed by atoms with Crippen molar-refractivity contribution in [1.82, 2.24) is 4.90 Å². The maximum atomic E-state index is 14.0. The molecule has 2 rings (SSSR count). The summed E-state index contributed by atoms with van der Waals surface area (Å²) in [4.78, 5) is 13.0. The van der Waals surface area contributed by atoms with Crippen LogP contribution in [-0.4, -0.2) is 27.7 Å². The van der Waals surface area contributed by atoms with Crippen LogP contribution in [0.1, 0.15) is 17.5 Å². The van der Waals surface area contributed by atoms with E-state index >= 15 is 0 Å². The molecule has 1 aliphatic heterocycles. The topological polar surface area (TPSA) is 20.3 Å². The second-order valence-corrected chi connectivity index (χ2v) is 6.02. The Morgan fingerprint density at radius 1 is 1.48 bits per heavy atom. The third kappa shape index (κ3) is 4.51. The van der Waals surface area contributed by atoms with Crippen LogP contribution in [0.2, 0.25) is 0 Å². The molecule has 1 aliphatic rings. The van der Waals surface area contributed by atoms with Gasteiger partial charge in [-0.1, -0.05) is 40.6 Å². The fourth-order valence-corrected chi connectivity index (χ4v) is 2.58. The van der Waals surface area contributed by atoms with Crippen molar-refractivity contribution in [1.29, 1.82) is 0 Å². The fraction of sp³-hybridized carbons (Fsp3) is 0.357. The minimum absolute atomic E-state index is 0. The minimum Gasteiger partial charge on any atom is -0.341 e. The van der Waals surface area contributed by atoms with E-state index < -0.39 is 28.6 Å². The Bertz CT molecular complexity index is 565. The predicted molar refractivity (Wildman–Crippen MR) is 77.9 cm³/mol. The largest absolute Gasteiger partial charge is 0.341 e. The zero-order chi connectivity index (χ0) is 14.9. The molecule has 1 amide bonds. The van der Waals surface area contributed by atoms with E-state index in [4.69, 9.17) is 0 Å². The van der Waals surface area contributed by atoms with Crippen molar-refractivity contribution in [2.75, 3.05) is 6.54 Å². The summed E-state index contributed by atoms with van der Waals surface area (Å²) in [5, 5.41) is 0. The second kappa shape index (κ2) is 8.06. The molecule has 0 saturated carbocycles. The molecular formula is C14H12F3INOY-. The van der Waals surface area contributed by atoms with Crippen molar-refractivity contribution >= 4 is 34.2 Å². The van der Waals surface area contributed by atoms with Crippen molar-refractivity contribution < 1.29 is 50.7 Å². The Hall–Kier alpha value is 0.0539.